The summed E-state index contributed by atoms with van der Waals surface area (Å²) in [5, 5.41) is 3.51. The molecule has 2 unspecified atom stereocenters. The van der Waals surface area contributed by atoms with Crippen LogP contribution in [0.25, 0.3) is 0 Å². The van der Waals surface area contributed by atoms with Crippen LogP contribution in [0.4, 0.5) is 13.2 Å². The number of hydrogen-bond donors (Lipinski definition) is 1. The number of alkyl halides is 3. The van der Waals surface area contributed by atoms with E-state index < -0.39 is 11.7 Å². The summed E-state index contributed by atoms with van der Waals surface area (Å²) in [7, 11) is 0. The highest BCUT2D eigenvalue weighted by Gasteiger charge is 2.30. The Kier molecular flexibility index (Phi) is 5.63. The zero-order valence-corrected chi connectivity index (χ0v) is 13.9. The van der Waals surface area contributed by atoms with Crippen molar-refractivity contribution >= 4 is 0 Å². The average Bonchev–Trinajstić information content (AvgIpc) is 2.62. The van der Waals surface area contributed by atoms with Crippen LogP contribution in [0.5, 0.6) is 5.75 Å². The summed E-state index contributed by atoms with van der Waals surface area (Å²) in [5.41, 5.74) is 0.375. The van der Waals surface area contributed by atoms with Crippen molar-refractivity contribution in [1.29, 1.82) is 0 Å². The largest absolute Gasteiger partial charge is 0.486 e. The van der Waals surface area contributed by atoms with E-state index in [9.17, 15) is 13.2 Å². The summed E-state index contributed by atoms with van der Waals surface area (Å²) in [4.78, 5) is 0. The Balaban J connectivity index is 1.75. The number of piperidine rings is 1. The van der Waals surface area contributed by atoms with E-state index in [2.05, 4.69) is 5.32 Å². The molecule has 1 fully saturated rings. The maximum atomic E-state index is 12.7. The first kappa shape index (κ1) is 17.8. The first-order chi connectivity index (χ1) is 12.0. The molecule has 1 heterocycles. The zero-order chi connectivity index (χ0) is 17.7. The average molecular weight is 349 g/mol. The smallest absolute Gasteiger partial charge is 0.416 e. The summed E-state index contributed by atoms with van der Waals surface area (Å²) in [6.45, 7) is 1.01. The van der Waals surface area contributed by atoms with Crippen molar-refractivity contribution in [2.24, 2.45) is 0 Å². The lowest BCUT2D eigenvalue weighted by Crippen LogP contribution is -2.36. The van der Waals surface area contributed by atoms with Crippen molar-refractivity contribution in [2.75, 3.05) is 6.54 Å². The Labute approximate surface area is 146 Å². The maximum absolute atomic E-state index is 12.7. The van der Waals surface area contributed by atoms with E-state index >= 15 is 0 Å². The third-order valence-corrected chi connectivity index (χ3v) is 4.54. The number of hydrogen-bond acceptors (Lipinski definition) is 2. The fourth-order valence-electron chi connectivity index (χ4n) is 3.19. The van der Waals surface area contributed by atoms with E-state index in [0.29, 0.717) is 11.8 Å². The molecule has 2 aromatic carbocycles. The number of benzene rings is 2. The van der Waals surface area contributed by atoms with Gasteiger partial charge in [-0.15, -0.1) is 0 Å². The van der Waals surface area contributed by atoms with Gasteiger partial charge >= 0.3 is 6.18 Å². The van der Waals surface area contributed by atoms with E-state index in [4.69, 9.17) is 4.74 Å². The molecule has 1 saturated heterocycles. The Hall–Kier alpha value is -2.01. The normalized spacial score (nSPS) is 19.4. The minimum atomic E-state index is -4.33. The van der Waals surface area contributed by atoms with Gasteiger partial charge < -0.3 is 10.1 Å². The third kappa shape index (κ3) is 4.98. The first-order valence-corrected chi connectivity index (χ1v) is 8.64. The summed E-state index contributed by atoms with van der Waals surface area (Å²) in [5.74, 6) is 0.456. The van der Waals surface area contributed by atoms with Gasteiger partial charge in [0.2, 0.25) is 0 Å². The van der Waals surface area contributed by atoms with Gasteiger partial charge in [0, 0.05) is 12.5 Å². The van der Waals surface area contributed by atoms with E-state index in [-0.39, 0.29) is 6.10 Å². The van der Waals surface area contributed by atoms with E-state index in [1.165, 1.54) is 25.0 Å². The highest BCUT2D eigenvalue weighted by molar-refractivity contribution is 5.30. The predicted molar refractivity (Wildman–Crippen MR) is 91.5 cm³/mol. The van der Waals surface area contributed by atoms with Gasteiger partial charge in [-0.3, -0.25) is 0 Å². The fraction of sp³-hybridized carbons (Fsp3) is 0.400. The highest BCUT2D eigenvalue weighted by Crippen LogP contribution is 2.32. The van der Waals surface area contributed by atoms with Gasteiger partial charge in [0.05, 0.1) is 5.56 Å². The molecule has 2 atom stereocenters. The topological polar surface area (TPSA) is 21.3 Å². The molecule has 134 valence electrons. The van der Waals surface area contributed by atoms with Crippen LogP contribution in [-0.2, 0) is 6.18 Å². The van der Waals surface area contributed by atoms with Crippen LogP contribution in [0.15, 0.2) is 54.6 Å². The lowest BCUT2D eigenvalue weighted by molar-refractivity contribution is -0.137. The van der Waals surface area contributed by atoms with Crippen LogP contribution in [-0.4, -0.2) is 12.6 Å². The first-order valence-electron chi connectivity index (χ1n) is 8.64. The molecule has 25 heavy (non-hydrogen) atoms. The third-order valence-electron chi connectivity index (χ3n) is 4.54. The molecule has 0 aliphatic carbocycles. The Bertz CT molecular complexity index is 649. The van der Waals surface area contributed by atoms with Gasteiger partial charge in [-0.1, -0.05) is 36.8 Å². The van der Waals surface area contributed by atoms with Crippen LogP contribution in [0, 0.1) is 0 Å². The second-order valence-corrected chi connectivity index (χ2v) is 6.42. The van der Waals surface area contributed by atoms with Crippen molar-refractivity contribution in [3.8, 4) is 5.75 Å². The summed E-state index contributed by atoms with van der Waals surface area (Å²) in [6, 6.07) is 15.1. The quantitative estimate of drug-likeness (QED) is 0.785. The molecule has 1 aliphatic heterocycles. The van der Waals surface area contributed by atoms with Gasteiger partial charge in [0.25, 0.3) is 0 Å². The van der Waals surface area contributed by atoms with Crippen molar-refractivity contribution in [3.63, 3.8) is 0 Å². The van der Waals surface area contributed by atoms with Crippen LogP contribution >= 0.6 is 0 Å². The number of ether oxygens (including phenoxy) is 1. The molecule has 0 amide bonds. The summed E-state index contributed by atoms with van der Waals surface area (Å²) >= 11 is 0. The molecule has 3 rings (SSSR count). The van der Waals surface area contributed by atoms with Crippen LogP contribution in [0.1, 0.15) is 42.9 Å². The molecule has 5 heteroatoms. The highest BCUT2D eigenvalue weighted by atomic mass is 19.4. The Morgan fingerprint density at radius 1 is 1.00 bits per heavy atom. The molecule has 1 N–H and O–H groups in total. The van der Waals surface area contributed by atoms with Crippen molar-refractivity contribution in [3.05, 3.63) is 65.7 Å². The summed E-state index contributed by atoms with van der Waals surface area (Å²) < 4.78 is 44.2. The standard InChI is InChI=1S/C20H22F3NO/c21-20(22,23)16-9-11-18(12-10-16)25-19(15-6-2-1-3-7-15)14-17-8-4-5-13-24-17/h1-3,6-7,9-12,17,19,24H,4-5,8,13-14H2. The monoisotopic (exact) mass is 349 g/mol. The zero-order valence-electron chi connectivity index (χ0n) is 13.9. The fourth-order valence-corrected chi connectivity index (χ4v) is 3.19. The van der Waals surface area contributed by atoms with Crippen LogP contribution in [0.3, 0.4) is 0 Å². The van der Waals surface area contributed by atoms with E-state index in [0.717, 1.165) is 37.1 Å². The van der Waals surface area contributed by atoms with Gasteiger partial charge in [-0.05, 0) is 49.2 Å². The van der Waals surface area contributed by atoms with E-state index in [1.807, 2.05) is 30.3 Å². The molecule has 0 saturated carbocycles. The molecular formula is C20H22F3NO. The van der Waals surface area contributed by atoms with E-state index in [1.54, 1.807) is 0 Å². The molecule has 0 bridgehead atoms. The van der Waals surface area contributed by atoms with Gasteiger partial charge in [-0.2, -0.15) is 13.2 Å². The van der Waals surface area contributed by atoms with Crippen LogP contribution < -0.4 is 10.1 Å². The van der Waals surface area contributed by atoms with Gasteiger partial charge in [0.1, 0.15) is 11.9 Å². The second kappa shape index (κ2) is 7.91. The van der Waals surface area contributed by atoms with Crippen molar-refractivity contribution < 1.29 is 17.9 Å². The van der Waals surface area contributed by atoms with Crippen LogP contribution in [0.2, 0.25) is 0 Å². The number of rotatable bonds is 5. The molecule has 0 aromatic heterocycles. The van der Waals surface area contributed by atoms with Gasteiger partial charge in [0.15, 0.2) is 0 Å². The number of halogens is 3. The lowest BCUT2D eigenvalue weighted by Gasteiger charge is -2.28. The molecule has 2 aromatic rings. The molecule has 0 radical (unpaired) electrons. The molecule has 1 aliphatic rings. The summed E-state index contributed by atoms with van der Waals surface area (Å²) in [6.07, 6.45) is -0.242. The Morgan fingerprint density at radius 3 is 2.32 bits per heavy atom. The number of nitrogens with one attached hydrogen (secondary N) is 1. The maximum Gasteiger partial charge on any atom is 0.416 e. The van der Waals surface area contributed by atoms with Crippen molar-refractivity contribution in [2.45, 2.75) is 44.0 Å². The second-order valence-electron chi connectivity index (χ2n) is 6.42. The lowest BCUT2D eigenvalue weighted by atomic mass is 9.95. The minimum Gasteiger partial charge on any atom is -0.486 e. The molecule has 2 nitrogen and oxygen atoms in total. The SMILES string of the molecule is FC(F)(F)c1ccc(OC(CC2CCCCN2)c2ccccc2)cc1. The Morgan fingerprint density at radius 2 is 1.72 bits per heavy atom. The van der Waals surface area contributed by atoms with Gasteiger partial charge in [-0.25, -0.2) is 0 Å². The predicted octanol–water partition coefficient (Wildman–Crippen LogP) is 5.36. The minimum absolute atomic E-state index is 0.187. The molecular weight excluding hydrogens is 327 g/mol. The van der Waals surface area contributed by atoms with Crippen molar-refractivity contribution in [1.82, 2.24) is 5.32 Å². The molecule has 0 spiro atoms.